The highest BCUT2D eigenvalue weighted by atomic mass is 16.1. The number of Topliss-reactive ketones (excluding diaryl/α,β-unsaturated/α-hetero) is 1. The Balaban J connectivity index is 2.60. The van der Waals surface area contributed by atoms with E-state index in [4.69, 9.17) is 0 Å². The zero-order valence-corrected chi connectivity index (χ0v) is 8.37. The van der Waals surface area contributed by atoms with Gasteiger partial charge < -0.3 is 0 Å². The van der Waals surface area contributed by atoms with E-state index in [2.05, 4.69) is 18.7 Å². The van der Waals surface area contributed by atoms with Gasteiger partial charge in [-0.2, -0.15) is 0 Å². The van der Waals surface area contributed by atoms with Crippen LogP contribution in [-0.4, -0.2) is 5.78 Å². The molecule has 2 aliphatic carbocycles. The highest BCUT2D eigenvalue weighted by molar-refractivity contribution is 5.96. The lowest BCUT2D eigenvalue weighted by molar-refractivity contribution is -0.114. The number of carbonyl (C=O) groups excluding carboxylic acids is 1. The van der Waals surface area contributed by atoms with E-state index in [-0.39, 0.29) is 11.2 Å². The highest BCUT2D eigenvalue weighted by Gasteiger charge is 2.33. The van der Waals surface area contributed by atoms with Gasteiger partial charge in [-0.3, -0.25) is 4.79 Å². The Morgan fingerprint density at radius 2 is 2.21 bits per heavy atom. The number of rotatable bonds is 1. The van der Waals surface area contributed by atoms with Gasteiger partial charge in [-0.15, -0.1) is 5.73 Å². The molecule has 0 aliphatic heterocycles. The van der Waals surface area contributed by atoms with Crippen molar-refractivity contribution in [3.63, 3.8) is 0 Å². The smallest absolute Gasteiger partial charge is 0.164 e. The van der Waals surface area contributed by atoms with Gasteiger partial charge in [0.2, 0.25) is 0 Å². The van der Waals surface area contributed by atoms with Crippen LogP contribution in [0.1, 0.15) is 13.8 Å². The Morgan fingerprint density at radius 3 is 2.93 bits per heavy atom. The number of fused-ring (bicyclic) bond motifs is 1. The Bertz CT molecular complexity index is 440. The van der Waals surface area contributed by atoms with Crippen molar-refractivity contribution in [2.45, 2.75) is 13.8 Å². The van der Waals surface area contributed by atoms with Crippen LogP contribution in [0.2, 0.25) is 0 Å². The van der Waals surface area contributed by atoms with Crippen molar-refractivity contribution < 1.29 is 4.79 Å². The van der Waals surface area contributed by atoms with Crippen molar-refractivity contribution in [2.24, 2.45) is 5.41 Å². The topological polar surface area (TPSA) is 17.1 Å². The Labute approximate surface area is 83.8 Å². The molecule has 0 amide bonds. The van der Waals surface area contributed by atoms with Gasteiger partial charge in [0.1, 0.15) is 0 Å². The number of ketones is 1. The SMILES string of the molecule is CC(=O)C1=C=CC=C2C=CC=CC12C. The molecule has 1 heteroatoms. The fourth-order valence-corrected chi connectivity index (χ4v) is 1.96. The predicted molar refractivity (Wildman–Crippen MR) is 56.7 cm³/mol. The summed E-state index contributed by atoms with van der Waals surface area (Å²) >= 11 is 0. The summed E-state index contributed by atoms with van der Waals surface area (Å²) in [6.07, 6.45) is 11.9. The Morgan fingerprint density at radius 1 is 1.43 bits per heavy atom. The minimum Gasteiger partial charge on any atom is -0.294 e. The standard InChI is InChI=1S/C13H12O/c1-10(14)12-8-5-7-11-6-3-4-9-13(11,12)2/h3-7,9H,1-2H3. The van der Waals surface area contributed by atoms with Crippen molar-refractivity contribution in [1.82, 2.24) is 0 Å². The van der Waals surface area contributed by atoms with Crippen LogP contribution in [0.15, 0.2) is 53.3 Å². The van der Waals surface area contributed by atoms with Gasteiger partial charge in [0.15, 0.2) is 5.78 Å². The van der Waals surface area contributed by atoms with Crippen LogP contribution in [0.4, 0.5) is 0 Å². The van der Waals surface area contributed by atoms with Gasteiger partial charge >= 0.3 is 0 Å². The first-order valence-corrected chi connectivity index (χ1v) is 4.69. The monoisotopic (exact) mass is 184 g/mol. The van der Waals surface area contributed by atoms with E-state index in [0.717, 1.165) is 11.1 Å². The van der Waals surface area contributed by atoms with Crippen molar-refractivity contribution in [3.8, 4) is 0 Å². The van der Waals surface area contributed by atoms with E-state index < -0.39 is 0 Å². The first kappa shape index (κ1) is 8.98. The summed E-state index contributed by atoms with van der Waals surface area (Å²) in [5.74, 6) is 0.0919. The first-order valence-electron chi connectivity index (χ1n) is 4.69. The van der Waals surface area contributed by atoms with Crippen LogP contribution in [0.3, 0.4) is 0 Å². The van der Waals surface area contributed by atoms with Crippen LogP contribution in [0.25, 0.3) is 0 Å². The maximum atomic E-state index is 11.5. The molecule has 0 bridgehead atoms. The average Bonchev–Trinajstić information content (AvgIpc) is 2.15. The molecule has 0 aromatic carbocycles. The first-order chi connectivity index (χ1) is 6.64. The number of hydrogen-bond donors (Lipinski definition) is 0. The number of hydrogen-bond acceptors (Lipinski definition) is 1. The molecule has 1 nitrogen and oxygen atoms in total. The Hall–Kier alpha value is -1.59. The van der Waals surface area contributed by atoms with Gasteiger partial charge in [0.05, 0.1) is 5.57 Å². The van der Waals surface area contributed by atoms with Crippen LogP contribution in [-0.2, 0) is 4.79 Å². The molecule has 0 radical (unpaired) electrons. The normalized spacial score (nSPS) is 28.1. The lowest BCUT2D eigenvalue weighted by Crippen LogP contribution is -2.25. The molecular weight excluding hydrogens is 172 g/mol. The third-order valence-electron chi connectivity index (χ3n) is 2.78. The lowest BCUT2D eigenvalue weighted by atomic mass is 9.70. The third-order valence-corrected chi connectivity index (χ3v) is 2.78. The van der Waals surface area contributed by atoms with E-state index >= 15 is 0 Å². The average molecular weight is 184 g/mol. The molecule has 2 aliphatic rings. The lowest BCUT2D eigenvalue weighted by Gasteiger charge is -2.31. The summed E-state index contributed by atoms with van der Waals surface area (Å²) < 4.78 is 0. The summed E-state index contributed by atoms with van der Waals surface area (Å²) in [7, 11) is 0. The zero-order chi connectivity index (χ0) is 10.2. The molecule has 70 valence electrons. The van der Waals surface area contributed by atoms with E-state index in [0.29, 0.717) is 0 Å². The quantitative estimate of drug-likeness (QED) is 0.573. The number of carbonyl (C=O) groups is 1. The summed E-state index contributed by atoms with van der Waals surface area (Å²) in [6, 6.07) is 0. The van der Waals surface area contributed by atoms with Crippen molar-refractivity contribution in [2.75, 3.05) is 0 Å². The summed E-state index contributed by atoms with van der Waals surface area (Å²) in [4.78, 5) is 11.5. The molecule has 0 saturated carbocycles. The molecule has 0 heterocycles. The van der Waals surface area contributed by atoms with Crippen LogP contribution >= 0.6 is 0 Å². The minimum atomic E-state index is -0.269. The number of allylic oxidation sites excluding steroid dienone is 7. The summed E-state index contributed by atoms with van der Waals surface area (Å²) in [5, 5.41) is 0. The van der Waals surface area contributed by atoms with Crippen LogP contribution < -0.4 is 0 Å². The molecule has 0 N–H and O–H groups in total. The second kappa shape index (κ2) is 2.97. The molecular formula is C13H12O. The van der Waals surface area contributed by atoms with Gasteiger partial charge in [-0.25, -0.2) is 0 Å². The van der Waals surface area contributed by atoms with E-state index in [9.17, 15) is 4.79 Å². The Kier molecular flexibility index (Phi) is 1.90. The maximum Gasteiger partial charge on any atom is 0.164 e. The van der Waals surface area contributed by atoms with E-state index in [1.165, 1.54) is 0 Å². The molecule has 0 spiro atoms. The summed E-state index contributed by atoms with van der Waals surface area (Å²) in [6.45, 7) is 3.64. The fourth-order valence-electron chi connectivity index (χ4n) is 1.96. The zero-order valence-electron chi connectivity index (χ0n) is 8.37. The van der Waals surface area contributed by atoms with E-state index in [1.54, 1.807) is 6.92 Å². The molecule has 0 aromatic rings. The van der Waals surface area contributed by atoms with Gasteiger partial charge in [-0.05, 0) is 25.5 Å². The molecule has 1 atom stereocenters. The van der Waals surface area contributed by atoms with Crippen molar-refractivity contribution >= 4 is 5.78 Å². The predicted octanol–water partition coefficient (Wildman–Crippen LogP) is 2.73. The van der Waals surface area contributed by atoms with Crippen molar-refractivity contribution in [3.05, 3.63) is 53.3 Å². The molecule has 0 fully saturated rings. The highest BCUT2D eigenvalue weighted by Crippen LogP contribution is 2.41. The third kappa shape index (κ3) is 1.14. The van der Waals surface area contributed by atoms with E-state index in [1.807, 2.05) is 30.4 Å². The molecule has 1 unspecified atom stereocenters. The maximum absolute atomic E-state index is 11.5. The largest absolute Gasteiger partial charge is 0.294 e. The minimum absolute atomic E-state index is 0.0919. The molecule has 2 rings (SSSR count). The second-order valence-corrected chi connectivity index (χ2v) is 3.78. The summed E-state index contributed by atoms with van der Waals surface area (Å²) in [5.41, 5.74) is 4.67. The van der Waals surface area contributed by atoms with Crippen molar-refractivity contribution in [1.29, 1.82) is 0 Å². The molecule has 0 aromatic heterocycles. The van der Waals surface area contributed by atoms with Gasteiger partial charge in [0, 0.05) is 5.41 Å². The van der Waals surface area contributed by atoms with Crippen LogP contribution in [0.5, 0.6) is 0 Å². The second-order valence-electron chi connectivity index (χ2n) is 3.78. The molecule has 14 heavy (non-hydrogen) atoms. The van der Waals surface area contributed by atoms with Crippen LogP contribution in [0, 0.1) is 5.41 Å². The fraction of sp³-hybridized carbons (Fsp3) is 0.231. The van der Waals surface area contributed by atoms with Gasteiger partial charge in [0.25, 0.3) is 0 Å². The van der Waals surface area contributed by atoms with Gasteiger partial charge in [-0.1, -0.05) is 30.4 Å². The molecule has 0 saturated heterocycles.